The quantitative estimate of drug-likeness (QED) is 0.682. The zero-order valence-corrected chi connectivity index (χ0v) is 9.57. The van der Waals surface area contributed by atoms with Crippen molar-refractivity contribution in [2.24, 2.45) is 5.92 Å². The molecule has 0 saturated heterocycles. The van der Waals surface area contributed by atoms with Crippen molar-refractivity contribution in [1.29, 1.82) is 0 Å². The molecule has 0 bridgehead atoms. The average molecular weight is 226 g/mol. The summed E-state index contributed by atoms with van der Waals surface area (Å²) in [6.45, 7) is 1.39. The highest BCUT2D eigenvalue weighted by Gasteiger charge is 2.49. The van der Waals surface area contributed by atoms with Crippen LogP contribution in [0, 0.1) is 5.92 Å². The average Bonchev–Trinajstić information content (AvgIpc) is 2.15. The first-order valence-electron chi connectivity index (χ1n) is 5.92. The summed E-state index contributed by atoms with van der Waals surface area (Å²) in [5, 5.41) is 10.4. The van der Waals surface area contributed by atoms with Gasteiger partial charge in [0, 0.05) is 25.7 Å². The molecule has 0 aromatic rings. The summed E-state index contributed by atoms with van der Waals surface area (Å²) >= 11 is 0. The van der Waals surface area contributed by atoms with Gasteiger partial charge in [-0.1, -0.05) is 0 Å². The molecule has 16 heavy (non-hydrogen) atoms. The van der Waals surface area contributed by atoms with Crippen molar-refractivity contribution in [3.63, 3.8) is 0 Å². The Morgan fingerprint density at radius 3 is 2.94 bits per heavy atom. The van der Waals surface area contributed by atoms with Crippen molar-refractivity contribution >= 4 is 11.8 Å². The van der Waals surface area contributed by atoms with Gasteiger partial charge in [-0.15, -0.1) is 0 Å². The molecule has 4 nitrogen and oxygen atoms in total. The number of Topliss-reactive ketones (excluding diaryl/α,β-unsaturated/α-hetero) is 1. The molecule has 0 spiro atoms. The van der Waals surface area contributed by atoms with Gasteiger partial charge >= 0.3 is 5.97 Å². The molecule has 0 radical (unpaired) electrons. The lowest BCUT2D eigenvalue weighted by molar-refractivity contribution is -0.171. The number of esters is 1. The van der Waals surface area contributed by atoms with E-state index in [9.17, 15) is 14.7 Å². The Balaban J connectivity index is 2.13. The second-order valence-electron chi connectivity index (χ2n) is 5.00. The maximum atomic E-state index is 11.4. The lowest BCUT2D eigenvalue weighted by Crippen LogP contribution is -2.52. The molecule has 2 aliphatic carbocycles. The van der Waals surface area contributed by atoms with Crippen LogP contribution in [-0.2, 0) is 14.3 Å². The van der Waals surface area contributed by atoms with Crippen molar-refractivity contribution in [1.82, 2.24) is 0 Å². The van der Waals surface area contributed by atoms with Crippen LogP contribution in [0.15, 0.2) is 0 Å². The van der Waals surface area contributed by atoms with Crippen LogP contribution in [0.25, 0.3) is 0 Å². The first-order valence-corrected chi connectivity index (χ1v) is 5.92. The Morgan fingerprint density at radius 1 is 1.50 bits per heavy atom. The highest BCUT2D eigenvalue weighted by Crippen LogP contribution is 2.43. The molecule has 3 atom stereocenters. The molecule has 4 heteroatoms. The van der Waals surface area contributed by atoms with E-state index in [2.05, 4.69) is 0 Å². The van der Waals surface area contributed by atoms with Crippen LogP contribution in [0.5, 0.6) is 0 Å². The molecule has 0 unspecified atom stereocenters. The van der Waals surface area contributed by atoms with E-state index in [0.29, 0.717) is 19.3 Å². The molecule has 2 fully saturated rings. The fourth-order valence-electron chi connectivity index (χ4n) is 3.12. The highest BCUT2D eigenvalue weighted by molar-refractivity contribution is 5.80. The predicted molar refractivity (Wildman–Crippen MR) is 56.7 cm³/mol. The molecule has 0 heterocycles. The molecule has 2 saturated carbocycles. The minimum absolute atomic E-state index is 0.0529. The van der Waals surface area contributed by atoms with E-state index >= 15 is 0 Å². The summed E-state index contributed by atoms with van der Waals surface area (Å²) in [5.74, 6) is -0.226. The summed E-state index contributed by atoms with van der Waals surface area (Å²) in [7, 11) is 0. The molecule has 0 aromatic carbocycles. The van der Waals surface area contributed by atoms with Gasteiger partial charge in [-0.3, -0.25) is 9.59 Å². The van der Waals surface area contributed by atoms with Gasteiger partial charge < -0.3 is 9.84 Å². The number of rotatable bonds is 1. The van der Waals surface area contributed by atoms with Gasteiger partial charge in [0.15, 0.2) is 0 Å². The number of fused-ring (bicyclic) bond motifs is 1. The summed E-state index contributed by atoms with van der Waals surface area (Å²) in [6.07, 6.45) is 3.46. The lowest BCUT2D eigenvalue weighted by Gasteiger charge is -2.46. The standard InChI is InChI=1S/C12H18O4/c1-8(13)16-11-3-2-6-12(15)7-9(14)4-5-10(11)12/h10-11,15H,2-7H2,1H3/t10-,11-,12+/m1/s1. The molecule has 2 aliphatic rings. The topological polar surface area (TPSA) is 63.6 Å². The number of carbonyl (C=O) groups is 2. The van der Waals surface area contributed by atoms with E-state index in [4.69, 9.17) is 4.74 Å². The van der Waals surface area contributed by atoms with E-state index in [0.717, 1.165) is 12.8 Å². The maximum absolute atomic E-state index is 11.4. The molecule has 0 aromatic heterocycles. The van der Waals surface area contributed by atoms with Crippen molar-refractivity contribution in [3.05, 3.63) is 0 Å². The maximum Gasteiger partial charge on any atom is 0.302 e. The number of carbonyl (C=O) groups excluding carboxylic acids is 2. The second kappa shape index (κ2) is 4.17. The summed E-state index contributed by atoms with van der Waals surface area (Å²) in [6, 6.07) is 0. The minimum atomic E-state index is -0.923. The first-order chi connectivity index (χ1) is 7.51. The van der Waals surface area contributed by atoms with E-state index in [1.165, 1.54) is 6.92 Å². The van der Waals surface area contributed by atoms with Gasteiger partial charge in [0.1, 0.15) is 11.9 Å². The molecule has 2 rings (SSSR count). The van der Waals surface area contributed by atoms with Crippen LogP contribution >= 0.6 is 0 Å². The molecule has 0 aliphatic heterocycles. The minimum Gasteiger partial charge on any atom is -0.462 e. The molecule has 90 valence electrons. The van der Waals surface area contributed by atoms with Gasteiger partial charge in [-0.25, -0.2) is 0 Å². The van der Waals surface area contributed by atoms with Gasteiger partial charge in [0.2, 0.25) is 0 Å². The summed E-state index contributed by atoms with van der Waals surface area (Å²) in [4.78, 5) is 22.4. The van der Waals surface area contributed by atoms with Crippen LogP contribution in [0.3, 0.4) is 0 Å². The normalized spacial score (nSPS) is 39.0. The Kier molecular flexibility index (Phi) is 3.02. The fraction of sp³-hybridized carbons (Fsp3) is 0.833. The summed E-state index contributed by atoms with van der Waals surface area (Å²) < 4.78 is 5.25. The monoisotopic (exact) mass is 226 g/mol. The van der Waals surface area contributed by atoms with Gasteiger partial charge in [0.05, 0.1) is 5.60 Å². The molecular formula is C12H18O4. The number of hydrogen-bond donors (Lipinski definition) is 1. The van der Waals surface area contributed by atoms with Crippen molar-refractivity contribution in [3.8, 4) is 0 Å². The first kappa shape index (κ1) is 11.6. The molecule has 1 N–H and O–H groups in total. The van der Waals surface area contributed by atoms with Crippen molar-refractivity contribution in [2.75, 3.05) is 0 Å². The number of hydrogen-bond acceptors (Lipinski definition) is 4. The highest BCUT2D eigenvalue weighted by atomic mass is 16.5. The fourth-order valence-corrected chi connectivity index (χ4v) is 3.12. The Morgan fingerprint density at radius 2 is 2.25 bits per heavy atom. The Bertz CT molecular complexity index is 312. The third-order valence-corrected chi connectivity index (χ3v) is 3.79. The Hall–Kier alpha value is -0.900. The lowest BCUT2D eigenvalue weighted by atomic mass is 9.65. The van der Waals surface area contributed by atoms with Gasteiger partial charge in [-0.2, -0.15) is 0 Å². The zero-order valence-electron chi connectivity index (χ0n) is 9.57. The van der Waals surface area contributed by atoms with E-state index < -0.39 is 5.60 Å². The number of ketones is 1. The van der Waals surface area contributed by atoms with Crippen molar-refractivity contribution < 1.29 is 19.4 Å². The van der Waals surface area contributed by atoms with Crippen LogP contribution in [0.2, 0.25) is 0 Å². The largest absolute Gasteiger partial charge is 0.462 e. The smallest absolute Gasteiger partial charge is 0.302 e. The summed E-state index contributed by atoms with van der Waals surface area (Å²) in [5.41, 5.74) is -0.923. The Labute approximate surface area is 95.0 Å². The van der Waals surface area contributed by atoms with Crippen LogP contribution in [-0.4, -0.2) is 28.6 Å². The predicted octanol–water partition coefficient (Wildman–Crippen LogP) is 1.20. The van der Waals surface area contributed by atoms with Gasteiger partial charge in [-0.05, 0) is 25.7 Å². The number of ether oxygens (including phenoxy) is 1. The second-order valence-corrected chi connectivity index (χ2v) is 5.00. The van der Waals surface area contributed by atoms with E-state index in [1.807, 2.05) is 0 Å². The van der Waals surface area contributed by atoms with Crippen LogP contribution in [0.1, 0.15) is 45.4 Å². The molecular weight excluding hydrogens is 208 g/mol. The molecule has 0 amide bonds. The van der Waals surface area contributed by atoms with Crippen LogP contribution in [0.4, 0.5) is 0 Å². The number of aliphatic hydroxyl groups is 1. The van der Waals surface area contributed by atoms with E-state index in [1.54, 1.807) is 0 Å². The van der Waals surface area contributed by atoms with E-state index in [-0.39, 0.29) is 30.2 Å². The van der Waals surface area contributed by atoms with Crippen molar-refractivity contribution in [2.45, 2.75) is 57.2 Å². The zero-order chi connectivity index (χ0) is 11.8. The third-order valence-electron chi connectivity index (χ3n) is 3.79. The van der Waals surface area contributed by atoms with Crippen LogP contribution < -0.4 is 0 Å². The van der Waals surface area contributed by atoms with Gasteiger partial charge in [0.25, 0.3) is 0 Å². The SMILES string of the molecule is CC(=O)O[C@@H]1CCC[C@]2(O)CC(=O)CC[C@H]12. The third kappa shape index (κ3) is 2.12.